The lowest BCUT2D eigenvalue weighted by molar-refractivity contribution is 0.0701. The third-order valence-corrected chi connectivity index (χ3v) is 5.60. The minimum atomic E-state index is -3.80. The van der Waals surface area contributed by atoms with Gasteiger partial charge in [-0.15, -0.1) is 11.3 Å². The van der Waals surface area contributed by atoms with Crippen LogP contribution in [0.15, 0.2) is 28.6 Å². The average Bonchev–Trinajstić information content (AvgIpc) is 2.75. The molecule has 0 spiro atoms. The fraction of sp³-hybridized carbons (Fsp3) is 0.167. The van der Waals surface area contributed by atoms with Crippen LogP contribution in [0.5, 0.6) is 0 Å². The molecule has 0 aliphatic carbocycles. The first-order chi connectivity index (χ1) is 9.29. The van der Waals surface area contributed by atoms with Gasteiger partial charge in [0.15, 0.2) is 0 Å². The van der Waals surface area contributed by atoms with Crippen LogP contribution < -0.4 is 4.72 Å². The fourth-order valence-corrected chi connectivity index (χ4v) is 3.95. The maximum Gasteiger partial charge on any atom is 0.346 e. The van der Waals surface area contributed by atoms with Crippen molar-refractivity contribution in [3.05, 3.63) is 40.5 Å². The number of hydrogen-bond acceptors (Lipinski definition) is 5. The predicted octanol–water partition coefficient (Wildman–Crippen LogP) is 2.26. The molecule has 0 aliphatic heterocycles. The van der Waals surface area contributed by atoms with Gasteiger partial charge in [0.05, 0.1) is 11.9 Å². The second-order valence-corrected chi connectivity index (χ2v) is 7.14. The monoisotopic (exact) mass is 312 g/mol. The topological polar surface area (TPSA) is 96.4 Å². The third kappa shape index (κ3) is 2.97. The molecular formula is C12H12N2O4S2. The van der Waals surface area contributed by atoms with Crippen molar-refractivity contribution >= 4 is 33.0 Å². The molecule has 2 aromatic rings. The number of carboxylic acid groups (broad SMARTS) is 1. The summed E-state index contributed by atoms with van der Waals surface area (Å²) in [5.74, 6) is -1.13. The van der Waals surface area contributed by atoms with E-state index in [-0.39, 0.29) is 9.09 Å². The summed E-state index contributed by atoms with van der Waals surface area (Å²) in [5.41, 5.74) is 1.52. The van der Waals surface area contributed by atoms with Crippen molar-refractivity contribution in [3.63, 3.8) is 0 Å². The Bertz CT molecular complexity index is 748. The molecule has 0 aliphatic rings. The molecule has 2 heterocycles. The number of carboxylic acids is 1. The summed E-state index contributed by atoms with van der Waals surface area (Å²) in [6.45, 7) is 3.35. The number of aromatic carboxylic acids is 1. The molecule has 0 fully saturated rings. The standard InChI is InChI=1S/C12H12N2O4S2/c1-7-5-10(19-11(7)12(15)16)20(17,18)14-9-4-3-8(2)13-6-9/h3-6,14H,1-2H3,(H,15,16). The molecule has 106 valence electrons. The van der Waals surface area contributed by atoms with Crippen molar-refractivity contribution in [1.82, 2.24) is 4.98 Å². The Morgan fingerprint density at radius 1 is 1.35 bits per heavy atom. The number of anilines is 1. The highest BCUT2D eigenvalue weighted by Gasteiger charge is 2.21. The number of aryl methyl sites for hydroxylation is 2. The van der Waals surface area contributed by atoms with Crippen molar-refractivity contribution in [2.75, 3.05) is 4.72 Å². The Morgan fingerprint density at radius 3 is 2.55 bits per heavy atom. The average molecular weight is 312 g/mol. The minimum Gasteiger partial charge on any atom is -0.477 e. The van der Waals surface area contributed by atoms with Gasteiger partial charge in [0.2, 0.25) is 0 Å². The van der Waals surface area contributed by atoms with Crippen LogP contribution in [0.2, 0.25) is 0 Å². The molecule has 0 aromatic carbocycles. The van der Waals surface area contributed by atoms with Gasteiger partial charge in [0.1, 0.15) is 9.09 Å². The van der Waals surface area contributed by atoms with E-state index in [9.17, 15) is 13.2 Å². The first kappa shape index (κ1) is 14.5. The summed E-state index contributed by atoms with van der Waals surface area (Å²) in [5, 5.41) is 8.95. The molecule has 0 saturated carbocycles. The number of aromatic nitrogens is 1. The molecule has 0 bridgehead atoms. The number of pyridine rings is 1. The van der Waals surface area contributed by atoms with Crippen molar-refractivity contribution in [1.29, 1.82) is 0 Å². The van der Waals surface area contributed by atoms with Crippen molar-refractivity contribution in [2.24, 2.45) is 0 Å². The maximum atomic E-state index is 12.2. The van der Waals surface area contributed by atoms with Crippen LogP contribution in [-0.2, 0) is 10.0 Å². The molecule has 0 radical (unpaired) electrons. The highest BCUT2D eigenvalue weighted by atomic mass is 32.2. The number of thiophene rings is 1. The Balaban J connectivity index is 2.33. The highest BCUT2D eigenvalue weighted by molar-refractivity contribution is 7.94. The van der Waals surface area contributed by atoms with E-state index >= 15 is 0 Å². The molecule has 0 atom stereocenters. The summed E-state index contributed by atoms with van der Waals surface area (Å²) < 4.78 is 26.6. The van der Waals surface area contributed by atoms with Crippen LogP contribution in [-0.4, -0.2) is 24.5 Å². The zero-order valence-corrected chi connectivity index (χ0v) is 12.4. The van der Waals surface area contributed by atoms with E-state index in [1.807, 2.05) is 0 Å². The van der Waals surface area contributed by atoms with Gasteiger partial charge in [-0.25, -0.2) is 13.2 Å². The number of nitrogens with one attached hydrogen (secondary N) is 1. The van der Waals surface area contributed by atoms with E-state index in [1.54, 1.807) is 26.0 Å². The lowest BCUT2D eigenvalue weighted by Gasteiger charge is -2.05. The summed E-state index contributed by atoms with van der Waals surface area (Å²) >= 11 is 0.727. The number of sulfonamides is 1. The van der Waals surface area contributed by atoms with Crippen molar-refractivity contribution < 1.29 is 18.3 Å². The second kappa shape index (κ2) is 5.22. The molecule has 0 unspecified atom stereocenters. The van der Waals surface area contributed by atoms with E-state index in [2.05, 4.69) is 9.71 Å². The molecule has 0 amide bonds. The van der Waals surface area contributed by atoms with Gasteiger partial charge in [-0.3, -0.25) is 9.71 Å². The normalized spacial score (nSPS) is 11.3. The lowest BCUT2D eigenvalue weighted by Crippen LogP contribution is -2.11. The van der Waals surface area contributed by atoms with Crippen LogP contribution in [0.25, 0.3) is 0 Å². The van der Waals surface area contributed by atoms with E-state index < -0.39 is 16.0 Å². The van der Waals surface area contributed by atoms with Crippen LogP contribution >= 0.6 is 11.3 Å². The van der Waals surface area contributed by atoms with Crippen LogP contribution in [0.3, 0.4) is 0 Å². The number of rotatable bonds is 4. The molecule has 20 heavy (non-hydrogen) atoms. The largest absolute Gasteiger partial charge is 0.477 e. The van der Waals surface area contributed by atoms with E-state index in [0.29, 0.717) is 11.3 Å². The molecular weight excluding hydrogens is 300 g/mol. The van der Waals surface area contributed by atoms with E-state index in [0.717, 1.165) is 17.0 Å². The van der Waals surface area contributed by atoms with Crippen LogP contribution in [0, 0.1) is 13.8 Å². The van der Waals surface area contributed by atoms with Gasteiger partial charge in [-0.2, -0.15) is 0 Å². The van der Waals surface area contributed by atoms with Gasteiger partial charge in [0, 0.05) is 5.69 Å². The van der Waals surface area contributed by atoms with Crippen molar-refractivity contribution in [2.45, 2.75) is 18.1 Å². The summed E-state index contributed by atoms with van der Waals surface area (Å²) in [6.07, 6.45) is 1.41. The number of nitrogens with zero attached hydrogens (tertiary/aromatic N) is 1. The zero-order valence-electron chi connectivity index (χ0n) is 10.7. The van der Waals surface area contributed by atoms with Gasteiger partial charge >= 0.3 is 5.97 Å². The van der Waals surface area contributed by atoms with Crippen LogP contribution in [0.1, 0.15) is 20.9 Å². The first-order valence-corrected chi connectivity index (χ1v) is 7.89. The summed E-state index contributed by atoms with van der Waals surface area (Å²) in [4.78, 5) is 15.0. The second-order valence-electron chi connectivity index (χ2n) is 4.18. The molecule has 6 nitrogen and oxygen atoms in total. The highest BCUT2D eigenvalue weighted by Crippen LogP contribution is 2.27. The quantitative estimate of drug-likeness (QED) is 0.902. The van der Waals surface area contributed by atoms with E-state index in [1.165, 1.54) is 12.3 Å². The van der Waals surface area contributed by atoms with Gasteiger partial charge < -0.3 is 5.11 Å². The minimum absolute atomic E-state index is 0.0207. The smallest absolute Gasteiger partial charge is 0.346 e. The van der Waals surface area contributed by atoms with Gasteiger partial charge in [-0.05, 0) is 37.6 Å². The van der Waals surface area contributed by atoms with Gasteiger partial charge in [0.25, 0.3) is 10.0 Å². The summed E-state index contributed by atoms with van der Waals surface area (Å²) in [7, 11) is -3.80. The SMILES string of the molecule is Cc1ccc(NS(=O)(=O)c2cc(C)c(C(=O)O)s2)cn1. The Morgan fingerprint density at radius 2 is 2.05 bits per heavy atom. The fourth-order valence-electron chi connectivity index (χ4n) is 1.53. The number of hydrogen-bond donors (Lipinski definition) is 2. The predicted molar refractivity (Wildman–Crippen MR) is 75.8 cm³/mol. The zero-order chi connectivity index (χ0) is 14.9. The van der Waals surface area contributed by atoms with Crippen LogP contribution in [0.4, 0.5) is 5.69 Å². The lowest BCUT2D eigenvalue weighted by atomic mass is 10.3. The molecule has 2 N–H and O–H groups in total. The third-order valence-electron chi connectivity index (χ3n) is 2.52. The number of carbonyl (C=O) groups is 1. The maximum absolute atomic E-state index is 12.2. The Hall–Kier alpha value is -1.93. The molecule has 8 heteroatoms. The van der Waals surface area contributed by atoms with Gasteiger partial charge in [-0.1, -0.05) is 0 Å². The summed E-state index contributed by atoms with van der Waals surface area (Å²) in [6, 6.07) is 4.62. The Kier molecular flexibility index (Phi) is 3.78. The molecule has 0 saturated heterocycles. The molecule has 2 rings (SSSR count). The first-order valence-electron chi connectivity index (χ1n) is 5.59. The van der Waals surface area contributed by atoms with E-state index in [4.69, 9.17) is 5.11 Å². The molecule has 2 aromatic heterocycles. The van der Waals surface area contributed by atoms with Crippen molar-refractivity contribution in [3.8, 4) is 0 Å². The Labute approximate surface area is 120 Å².